The van der Waals surface area contributed by atoms with Crippen molar-refractivity contribution >= 4 is 0 Å². The Morgan fingerprint density at radius 3 is 2.92 bits per heavy atom. The van der Waals surface area contributed by atoms with Crippen LogP contribution in [0.25, 0.3) is 0 Å². The highest BCUT2D eigenvalue weighted by atomic mass is 19.1. The van der Waals surface area contributed by atoms with E-state index in [2.05, 4.69) is 6.58 Å². The first-order valence-corrected chi connectivity index (χ1v) is 4.30. The fraction of sp³-hybridized carbons (Fsp3) is 0.273. The summed E-state index contributed by atoms with van der Waals surface area (Å²) in [4.78, 5) is 0. The van der Waals surface area contributed by atoms with Crippen molar-refractivity contribution in [2.75, 3.05) is 6.61 Å². The third kappa shape index (κ3) is 2.31. The summed E-state index contributed by atoms with van der Waals surface area (Å²) in [6.45, 7) is 5.85. The Balaban J connectivity index is 2.91. The zero-order valence-electron chi connectivity index (χ0n) is 7.72. The van der Waals surface area contributed by atoms with Crippen LogP contribution in [0.5, 0.6) is 5.75 Å². The standard InChI is InChI=1S/C11H13FO/c1-3-8-13-11-7-5-6-10(12)9(11)4-2/h3,5-7H,1,4,8H2,2H3. The number of halogens is 1. The predicted octanol–water partition coefficient (Wildman–Crippen LogP) is 2.95. The summed E-state index contributed by atoms with van der Waals surface area (Å²) in [7, 11) is 0. The molecule has 0 amide bonds. The topological polar surface area (TPSA) is 9.23 Å². The van der Waals surface area contributed by atoms with Crippen LogP contribution in [0.1, 0.15) is 12.5 Å². The van der Waals surface area contributed by atoms with E-state index in [9.17, 15) is 4.39 Å². The molecule has 0 atom stereocenters. The number of benzene rings is 1. The number of rotatable bonds is 4. The fourth-order valence-electron chi connectivity index (χ4n) is 1.17. The Labute approximate surface area is 77.8 Å². The van der Waals surface area contributed by atoms with Crippen LogP contribution in [0.3, 0.4) is 0 Å². The molecule has 0 heterocycles. The van der Waals surface area contributed by atoms with E-state index in [0.717, 1.165) is 0 Å². The van der Waals surface area contributed by atoms with E-state index in [1.807, 2.05) is 6.92 Å². The summed E-state index contributed by atoms with van der Waals surface area (Å²) in [5.41, 5.74) is 0.629. The average molecular weight is 180 g/mol. The molecule has 2 heteroatoms. The molecule has 0 saturated carbocycles. The van der Waals surface area contributed by atoms with Gasteiger partial charge in [-0.3, -0.25) is 0 Å². The number of hydrogen-bond donors (Lipinski definition) is 0. The zero-order valence-corrected chi connectivity index (χ0v) is 7.72. The maximum atomic E-state index is 13.2. The molecule has 0 N–H and O–H groups in total. The Morgan fingerprint density at radius 1 is 1.54 bits per heavy atom. The van der Waals surface area contributed by atoms with Crippen LogP contribution in [0.15, 0.2) is 30.9 Å². The van der Waals surface area contributed by atoms with Gasteiger partial charge in [-0.25, -0.2) is 4.39 Å². The van der Waals surface area contributed by atoms with Gasteiger partial charge in [-0.2, -0.15) is 0 Å². The van der Waals surface area contributed by atoms with Gasteiger partial charge in [0.2, 0.25) is 0 Å². The van der Waals surface area contributed by atoms with Crippen molar-refractivity contribution in [2.24, 2.45) is 0 Å². The van der Waals surface area contributed by atoms with Gasteiger partial charge < -0.3 is 4.74 Å². The molecule has 0 fully saturated rings. The third-order valence-electron chi connectivity index (χ3n) is 1.79. The highest BCUT2D eigenvalue weighted by molar-refractivity contribution is 5.34. The minimum Gasteiger partial charge on any atom is -0.489 e. The largest absolute Gasteiger partial charge is 0.489 e. The van der Waals surface area contributed by atoms with Gasteiger partial charge in [-0.1, -0.05) is 25.6 Å². The summed E-state index contributed by atoms with van der Waals surface area (Å²) >= 11 is 0. The maximum absolute atomic E-state index is 13.2. The van der Waals surface area contributed by atoms with E-state index in [-0.39, 0.29) is 5.82 Å². The van der Waals surface area contributed by atoms with Crippen LogP contribution in [-0.2, 0) is 6.42 Å². The Kier molecular flexibility index (Phi) is 3.50. The first-order chi connectivity index (χ1) is 6.29. The molecule has 1 rings (SSSR count). The van der Waals surface area contributed by atoms with Crippen molar-refractivity contribution in [3.8, 4) is 5.75 Å². The monoisotopic (exact) mass is 180 g/mol. The number of hydrogen-bond acceptors (Lipinski definition) is 1. The van der Waals surface area contributed by atoms with Crippen LogP contribution >= 0.6 is 0 Å². The molecule has 0 aliphatic rings. The first kappa shape index (κ1) is 9.78. The first-order valence-electron chi connectivity index (χ1n) is 4.30. The van der Waals surface area contributed by atoms with Crippen molar-refractivity contribution in [3.63, 3.8) is 0 Å². The second-order valence-electron chi connectivity index (χ2n) is 2.67. The van der Waals surface area contributed by atoms with Crippen molar-refractivity contribution in [1.82, 2.24) is 0 Å². The summed E-state index contributed by atoms with van der Waals surface area (Å²) < 4.78 is 18.5. The van der Waals surface area contributed by atoms with Crippen molar-refractivity contribution in [3.05, 3.63) is 42.2 Å². The number of ether oxygens (including phenoxy) is 1. The molecule has 0 aliphatic carbocycles. The highest BCUT2D eigenvalue weighted by Crippen LogP contribution is 2.21. The van der Waals surface area contributed by atoms with Crippen molar-refractivity contribution in [1.29, 1.82) is 0 Å². The van der Waals surface area contributed by atoms with Gasteiger partial charge >= 0.3 is 0 Å². The molecule has 0 radical (unpaired) electrons. The zero-order chi connectivity index (χ0) is 9.68. The van der Waals surface area contributed by atoms with Gasteiger partial charge in [0.1, 0.15) is 18.2 Å². The van der Waals surface area contributed by atoms with E-state index in [0.29, 0.717) is 24.3 Å². The molecule has 70 valence electrons. The van der Waals surface area contributed by atoms with Crippen LogP contribution in [0.4, 0.5) is 4.39 Å². The summed E-state index contributed by atoms with van der Waals surface area (Å²) in [6.07, 6.45) is 2.28. The van der Waals surface area contributed by atoms with Crippen LogP contribution in [-0.4, -0.2) is 6.61 Å². The molecule has 1 nitrogen and oxygen atoms in total. The van der Waals surface area contributed by atoms with E-state index in [4.69, 9.17) is 4.74 Å². The molecule has 0 aliphatic heterocycles. The second-order valence-corrected chi connectivity index (χ2v) is 2.67. The Morgan fingerprint density at radius 2 is 2.31 bits per heavy atom. The average Bonchev–Trinajstić information content (AvgIpc) is 2.15. The van der Waals surface area contributed by atoms with E-state index in [1.54, 1.807) is 18.2 Å². The minimum absolute atomic E-state index is 0.205. The molecule has 0 saturated heterocycles. The molecule has 0 aromatic heterocycles. The lowest BCUT2D eigenvalue weighted by Crippen LogP contribution is -1.98. The summed E-state index contributed by atoms with van der Waals surface area (Å²) in [5, 5.41) is 0. The van der Waals surface area contributed by atoms with Gasteiger partial charge in [-0.15, -0.1) is 0 Å². The van der Waals surface area contributed by atoms with Gasteiger partial charge in [0.15, 0.2) is 0 Å². The normalized spacial score (nSPS) is 9.69. The van der Waals surface area contributed by atoms with Gasteiger partial charge in [-0.05, 0) is 18.6 Å². The lowest BCUT2D eigenvalue weighted by molar-refractivity contribution is 0.356. The Hall–Kier alpha value is -1.31. The minimum atomic E-state index is -0.205. The lowest BCUT2D eigenvalue weighted by Gasteiger charge is -2.08. The molecule has 0 bridgehead atoms. The van der Waals surface area contributed by atoms with Crippen molar-refractivity contribution in [2.45, 2.75) is 13.3 Å². The third-order valence-corrected chi connectivity index (χ3v) is 1.79. The molecule has 1 aromatic rings. The van der Waals surface area contributed by atoms with Crippen LogP contribution in [0.2, 0.25) is 0 Å². The summed E-state index contributed by atoms with van der Waals surface area (Å²) in [6, 6.07) is 4.86. The lowest BCUT2D eigenvalue weighted by atomic mass is 10.1. The highest BCUT2D eigenvalue weighted by Gasteiger charge is 2.05. The molecule has 0 unspecified atom stereocenters. The van der Waals surface area contributed by atoms with Gasteiger partial charge in [0.25, 0.3) is 0 Å². The smallest absolute Gasteiger partial charge is 0.130 e. The Bertz CT molecular complexity index is 294. The SMILES string of the molecule is C=CCOc1cccc(F)c1CC. The maximum Gasteiger partial charge on any atom is 0.130 e. The fourth-order valence-corrected chi connectivity index (χ4v) is 1.17. The van der Waals surface area contributed by atoms with Crippen LogP contribution in [0, 0.1) is 5.82 Å². The van der Waals surface area contributed by atoms with E-state index >= 15 is 0 Å². The summed E-state index contributed by atoms with van der Waals surface area (Å²) in [5.74, 6) is 0.409. The van der Waals surface area contributed by atoms with Crippen molar-refractivity contribution < 1.29 is 9.13 Å². The van der Waals surface area contributed by atoms with Crippen LogP contribution < -0.4 is 4.74 Å². The van der Waals surface area contributed by atoms with E-state index < -0.39 is 0 Å². The quantitative estimate of drug-likeness (QED) is 0.647. The molecule has 13 heavy (non-hydrogen) atoms. The molecule has 0 spiro atoms. The van der Waals surface area contributed by atoms with Gasteiger partial charge in [0, 0.05) is 5.56 Å². The molecular weight excluding hydrogens is 167 g/mol. The predicted molar refractivity (Wildman–Crippen MR) is 51.5 cm³/mol. The van der Waals surface area contributed by atoms with Gasteiger partial charge in [0.05, 0.1) is 0 Å². The van der Waals surface area contributed by atoms with E-state index in [1.165, 1.54) is 6.07 Å². The molecular formula is C11H13FO. The molecule has 1 aromatic carbocycles. The second kappa shape index (κ2) is 4.65.